The van der Waals surface area contributed by atoms with Crippen LogP contribution in [0.2, 0.25) is 0 Å². The molecule has 52 heavy (non-hydrogen) atoms. The topological polar surface area (TPSA) is 43.6 Å². The van der Waals surface area contributed by atoms with Crippen molar-refractivity contribution in [2.45, 2.75) is 19.3 Å². The molecule has 0 saturated heterocycles. The monoisotopic (exact) mass is 664 g/mol. The van der Waals surface area contributed by atoms with Crippen molar-refractivity contribution in [3.05, 3.63) is 169 Å². The highest BCUT2D eigenvalue weighted by Gasteiger charge is 2.37. The number of pyridine rings is 1. The van der Waals surface area contributed by atoms with Crippen LogP contribution in [0.4, 0.5) is 0 Å². The van der Waals surface area contributed by atoms with Gasteiger partial charge in [0, 0.05) is 33.5 Å². The summed E-state index contributed by atoms with van der Waals surface area (Å²) in [5, 5.41) is 9.98. The summed E-state index contributed by atoms with van der Waals surface area (Å²) in [5.41, 5.74) is 10.7. The van der Waals surface area contributed by atoms with Crippen LogP contribution in [0.15, 0.2) is 158 Å². The van der Waals surface area contributed by atoms with E-state index in [9.17, 15) is 0 Å². The maximum absolute atomic E-state index is 5.25. The van der Waals surface area contributed by atoms with Gasteiger partial charge in [-0.25, -0.2) is 15.0 Å². The van der Waals surface area contributed by atoms with E-state index < -0.39 is 0 Å². The number of hydrogen-bond acceptors (Lipinski definition) is 3. The van der Waals surface area contributed by atoms with Crippen LogP contribution in [0, 0.1) is 0 Å². The zero-order chi connectivity index (χ0) is 34.6. The van der Waals surface area contributed by atoms with Crippen LogP contribution in [0.5, 0.6) is 0 Å². The van der Waals surface area contributed by atoms with E-state index in [1.54, 1.807) is 0 Å². The quantitative estimate of drug-likeness (QED) is 0.177. The maximum Gasteiger partial charge on any atom is 0.237 e. The molecule has 4 nitrogen and oxygen atoms in total. The minimum absolute atomic E-state index is 0.208. The van der Waals surface area contributed by atoms with E-state index >= 15 is 0 Å². The first-order chi connectivity index (χ1) is 25.5. The Bertz CT molecular complexity index is 3030. The average molecular weight is 665 g/mol. The van der Waals surface area contributed by atoms with Crippen molar-refractivity contribution in [3.63, 3.8) is 0 Å². The lowest BCUT2D eigenvalue weighted by molar-refractivity contribution is 0.662. The smallest absolute Gasteiger partial charge is 0.237 e. The predicted molar refractivity (Wildman–Crippen MR) is 215 cm³/mol. The van der Waals surface area contributed by atoms with Gasteiger partial charge in [0.25, 0.3) is 0 Å². The minimum atomic E-state index is -0.208. The van der Waals surface area contributed by atoms with Crippen LogP contribution in [0.25, 0.3) is 93.8 Å². The average Bonchev–Trinajstić information content (AvgIpc) is 3.64. The molecular formula is C48H32N4. The second kappa shape index (κ2) is 10.7. The van der Waals surface area contributed by atoms with Gasteiger partial charge < -0.3 is 0 Å². The predicted octanol–water partition coefficient (Wildman–Crippen LogP) is 12.1. The number of benzene rings is 7. The van der Waals surface area contributed by atoms with E-state index in [1.165, 1.54) is 54.6 Å². The Kier molecular flexibility index (Phi) is 5.98. The molecule has 0 fully saturated rings. The third-order valence-corrected chi connectivity index (χ3v) is 11.2. The molecule has 0 amide bonds. The molecule has 0 unspecified atom stereocenters. The highest BCUT2D eigenvalue weighted by molar-refractivity contribution is 6.26. The molecule has 0 bridgehead atoms. The molecular weight excluding hydrogens is 633 g/mol. The fourth-order valence-corrected chi connectivity index (χ4v) is 8.72. The molecule has 10 aromatic rings. The summed E-state index contributed by atoms with van der Waals surface area (Å²) in [7, 11) is 0. The molecule has 7 aromatic carbocycles. The third kappa shape index (κ3) is 4.06. The SMILES string of the molecule is CC1(C)c2cc3c4ccccc4c4ccccc4c3cc2-c2cc3c(cc21)c1cccnc1n3-c1nc(-c2ccccc2)cc(-c2ccccc2)n1. The maximum atomic E-state index is 5.25. The molecule has 0 spiro atoms. The second-order valence-electron chi connectivity index (χ2n) is 14.5. The van der Waals surface area contributed by atoms with Gasteiger partial charge in [0.05, 0.1) is 16.9 Å². The molecule has 0 atom stereocenters. The number of nitrogens with zero attached hydrogens (tertiary/aromatic N) is 4. The van der Waals surface area contributed by atoms with Crippen LogP contribution >= 0.6 is 0 Å². The van der Waals surface area contributed by atoms with E-state index in [0.717, 1.165) is 44.5 Å². The third-order valence-electron chi connectivity index (χ3n) is 11.2. The molecule has 1 aliphatic rings. The summed E-state index contributed by atoms with van der Waals surface area (Å²) in [6, 6.07) is 54.4. The highest BCUT2D eigenvalue weighted by Crippen LogP contribution is 2.53. The van der Waals surface area contributed by atoms with Gasteiger partial charge in [-0.15, -0.1) is 0 Å². The molecule has 0 radical (unpaired) electrons. The molecule has 3 aromatic heterocycles. The van der Waals surface area contributed by atoms with Gasteiger partial charge in [0.2, 0.25) is 5.95 Å². The van der Waals surface area contributed by atoms with Gasteiger partial charge in [-0.2, -0.15) is 0 Å². The van der Waals surface area contributed by atoms with Crippen LogP contribution in [0.3, 0.4) is 0 Å². The second-order valence-corrected chi connectivity index (χ2v) is 14.5. The molecule has 1 aliphatic carbocycles. The highest BCUT2D eigenvalue weighted by atomic mass is 15.2. The molecule has 0 saturated carbocycles. The Balaban J connectivity index is 1.23. The number of hydrogen-bond donors (Lipinski definition) is 0. The van der Waals surface area contributed by atoms with E-state index in [1.807, 2.05) is 24.4 Å². The fourth-order valence-electron chi connectivity index (χ4n) is 8.72. The van der Waals surface area contributed by atoms with Gasteiger partial charge >= 0.3 is 0 Å². The lowest BCUT2D eigenvalue weighted by Gasteiger charge is -2.22. The Morgan fingerprint density at radius 2 is 0.923 bits per heavy atom. The molecule has 11 rings (SSSR count). The van der Waals surface area contributed by atoms with Crippen LogP contribution in [-0.4, -0.2) is 19.5 Å². The van der Waals surface area contributed by atoms with Crippen LogP contribution in [-0.2, 0) is 5.41 Å². The van der Waals surface area contributed by atoms with Crippen molar-refractivity contribution in [1.29, 1.82) is 0 Å². The Labute approximate surface area is 300 Å². The summed E-state index contributed by atoms with van der Waals surface area (Å²) < 4.78 is 2.17. The van der Waals surface area contributed by atoms with Crippen molar-refractivity contribution in [1.82, 2.24) is 19.5 Å². The van der Waals surface area contributed by atoms with Gasteiger partial charge in [-0.3, -0.25) is 4.57 Å². The van der Waals surface area contributed by atoms with Crippen molar-refractivity contribution in [2.75, 3.05) is 0 Å². The minimum Gasteiger partial charge on any atom is -0.262 e. The first-order valence-corrected chi connectivity index (χ1v) is 17.9. The van der Waals surface area contributed by atoms with Gasteiger partial charge in [-0.05, 0) is 97.0 Å². The zero-order valence-corrected chi connectivity index (χ0v) is 28.8. The number of fused-ring (bicyclic) bond motifs is 12. The van der Waals surface area contributed by atoms with Crippen molar-refractivity contribution in [2.24, 2.45) is 0 Å². The summed E-state index contributed by atoms with van der Waals surface area (Å²) in [4.78, 5) is 15.5. The van der Waals surface area contributed by atoms with Gasteiger partial charge in [0.1, 0.15) is 5.65 Å². The number of aromatic nitrogens is 4. The number of rotatable bonds is 3. The van der Waals surface area contributed by atoms with Crippen molar-refractivity contribution >= 4 is 54.3 Å². The standard InChI is InChI=1S/C48H32N4/c1-48(2)41-25-37-34-21-12-10-19-32(34)31-18-9-11-20-33(31)36(37)24-38(41)39-27-45-40(26-42(39)48)35-22-13-23-49-46(35)52(45)47-50-43(29-14-5-3-6-15-29)28-44(51-47)30-16-7-4-8-17-30/h3-28H,1-2H3. The summed E-state index contributed by atoms with van der Waals surface area (Å²) in [6.07, 6.45) is 1.87. The Hall–Kier alpha value is -6.65. The van der Waals surface area contributed by atoms with Crippen LogP contribution in [0.1, 0.15) is 25.0 Å². The first-order valence-electron chi connectivity index (χ1n) is 17.9. The Morgan fingerprint density at radius 3 is 1.52 bits per heavy atom. The molecule has 0 aliphatic heterocycles. The normalized spacial score (nSPS) is 13.3. The summed E-state index contributed by atoms with van der Waals surface area (Å²) in [5.74, 6) is 0.604. The largest absolute Gasteiger partial charge is 0.262 e. The van der Waals surface area contributed by atoms with E-state index in [2.05, 4.69) is 152 Å². The van der Waals surface area contributed by atoms with E-state index in [-0.39, 0.29) is 5.41 Å². The molecule has 4 heteroatoms. The van der Waals surface area contributed by atoms with Crippen molar-refractivity contribution < 1.29 is 0 Å². The van der Waals surface area contributed by atoms with Gasteiger partial charge in [0.15, 0.2) is 0 Å². The Morgan fingerprint density at radius 1 is 0.442 bits per heavy atom. The lowest BCUT2D eigenvalue weighted by Crippen LogP contribution is -2.15. The molecule has 0 N–H and O–H groups in total. The summed E-state index contributed by atoms with van der Waals surface area (Å²) in [6.45, 7) is 4.74. The summed E-state index contributed by atoms with van der Waals surface area (Å²) >= 11 is 0. The van der Waals surface area contributed by atoms with Crippen LogP contribution < -0.4 is 0 Å². The lowest BCUT2D eigenvalue weighted by atomic mass is 9.81. The fraction of sp³-hybridized carbons (Fsp3) is 0.0625. The molecule has 3 heterocycles. The van der Waals surface area contributed by atoms with E-state index in [4.69, 9.17) is 15.0 Å². The zero-order valence-electron chi connectivity index (χ0n) is 28.8. The van der Waals surface area contributed by atoms with E-state index in [0.29, 0.717) is 5.95 Å². The molecule has 244 valence electrons. The van der Waals surface area contributed by atoms with Crippen molar-refractivity contribution in [3.8, 4) is 39.6 Å². The van der Waals surface area contributed by atoms with Gasteiger partial charge in [-0.1, -0.05) is 123 Å². The first kappa shape index (κ1) is 29.1.